The van der Waals surface area contributed by atoms with Crippen molar-refractivity contribution in [3.05, 3.63) is 15.6 Å². The summed E-state index contributed by atoms with van der Waals surface area (Å²) in [5, 5.41) is 20.7. The monoisotopic (exact) mass is 284 g/mol. The predicted molar refractivity (Wildman–Crippen MR) is 73.1 cm³/mol. The summed E-state index contributed by atoms with van der Waals surface area (Å²) in [5.74, 6) is -0.0127. The molecule has 106 valence electrons. The zero-order chi connectivity index (χ0) is 14.2. The van der Waals surface area contributed by atoms with Crippen molar-refractivity contribution in [1.29, 1.82) is 0 Å². The van der Waals surface area contributed by atoms with E-state index < -0.39 is 11.7 Å². The van der Waals surface area contributed by atoms with Crippen molar-refractivity contribution in [3.63, 3.8) is 0 Å². The highest BCUT2D eigenvalue weighted by Gasteiger charge is 2.37. The number of rotatable bonds is 2. The van der Waals surface area contributed by atoms with E-state index in [2.05, 4.69) is 4.98 Å². The minimum Gasteiger partial charge on any atom is -0.388 e. The molecule has 1 saturated heterocycles. The molecule has 19 heavy (non-hydrogen) atoms. The minimum atomic E-state index is -1.09. The quantitative estimate of drug-likeness (QED) is 0.836. The molecule has 0 aromatic carbocycles. The predicted octanol–water partition coefficient (Wildman–Crippen LogP) is 0.647. The van der Waals surface area contributed by atoms with E-state index in [0.717, 1.165) is 15.6 Å². The molecule has 2 N–H and O–H groups in total. The van der Waals surface area contributed by atoms with Gasteiger partial charge in [-0.05, 0) is 27.2 Å². The van der Waals surface area contributed by atoms with Crippen LogP contribution >= 0.6 is 11.3 Å². The van der Waals surface area contributed by atoms with E-state index in [1.165, 1.54) is 11.3 Å². The normalized spacial score (nSPS) is 27.6. The molecule has 5 nitrogen and oxygen atoms in total. The van der Waals surface area contributed by atoms with E-state index in [1.54, 1.807) is 11.8 Å². The Balaban J connectivity index is 2.00. The van der Waals surface area contributed by atoms with Crippen LogP contribution in [0.15, 0.2) is 0 Å². The molecule has 1 aliphatic heterocycles. The van der Waals surface area contributed by atoms with E-state index in [9.17, 15) is 15.0 Å². The standard InChI is InChI=1S/C13H20N2O3S/c1-8-10(19-9(2)14-8)6-12(17)15-5-4-13(3,18)11(16)7-15/h11,16,18H,4-7H2,1-3H3/t11-,13+/m1/s1. The van der Waals surface area contributed by atoms with Crippen molar-refractivity contribution in [3.8, 4) is 0 Å². The highest BCUT2D eigenvalue weighted by atomic mass is 32.1. The Morgan fingerprint density at radius 2 is 2.26 bits per heavy atom. The summed E-state index contributed by atoms with van der Waals surface area (Å²) in [5.41, 5.74) is -0.186. The van der Waals surface area contributed by atoms with Crippen molar-refractivity contribution in [2.24, 2.45) is 0 Å². The highest BCUT2D eigenvalue weighted by Crippen LogP contribution is 2.24. The average Bonchev–Trinajstić information content (AvgIpc) is 2.61. The molecule has 1 amide bonds. The van der Waals surface area contributed by atoms with Gasteiger partial charge in [-0.25, -0.2) is 4.98 Å². The molecule has 1 aromatic heterocycles. The van der Waals surface area contributed by atoms with E-state index in [0.29, 0.717) is 19.4 Å². The Labute approximate surface area is 116 Å². The second kappa shape index (κ2) is 5.19. The van der Waals surface area contributed by atoms with Crippen molar-refractivity contribution >= 4 is 17.2 Å². The third-order valence-electron chi connectivity index (χ3n) is 3.66. The molecule has 6 heteroatoms. The van der Waals surface area contributed by atoms with Gasteiger partial charge in [-0.2, -0.15) is 0 Å². The van der Waals surface area contributed by atoms with Crippen LogP contribution < -0.4 is 0 Å². The molecular weight excluding hydrogens is 264 g/mol. The fourth-order valence-corrected chi connectivity index (χ4v) is 3.17. The van der Waals surface area contributed by atoms with Crippen LogP contribution in [0.2, 0.25) is 0 Å². The van der Waals surface area contributed by atoms with Gasteiger partial charge in [-0.3, -0.25) is 4.79 Å². The Hall–Kier alpha value is -0.980. The topological polar surface area (TPSA) is 73.7 Å². The molecule has 2 heterocycles. The fourth-order valence-electron chi connectivity index (χ4n) is 2.24. The summed E-state index contributed by atoms with van der Waals surface area (Å²) in [6.45, 7) is 6.12. The summed E-state index contributed by atoms with van der Waals surface area (Å²) < 4.78 is 0. The average molecular weight is 284 g/mol. The number of hydrogen-bond donors (Lipinski definition) is 2. The van der Waals surface area contributed by atoms with Gasteiger partial charge in [0, 0.05) is 18.0 Å². The maximum Gasteiger partial charge on any atom is 0.227 e. The number of aromatic nitrogens is 1. The molecule has 0 aliphatic carbocycles. The molecule has 1 aliphatic rings. The van der Waals surface area contributed by atoms with Crippen LogP contribution in [0.25, 0.3) is 0 Å². The van der Waals surface area contributed by atoms with Crippen LogP contribution in [0.5, 0.6) is 0 Å². The maximum absolute atomic E-state index is 12.2. The van der Waals surface area contributed by atoms with Crippen molar-refractivity contribution < 1.29 is 15.0 Å². The van der Waals surface area contributed by atoms with Gasteiger partial charge in [0.2, 0.25) is 5.91 Å². The molecule has 0 bridgehead atoms. The smallest absolute Gasteiger partial charge is 0.227 e. The van der Waals surface area contributed by atoms with Crippen LogP contribution in [0, 0.1) is 13.8 Å². The van der Waals surface area contributed by atoms with Gasteiger partial charge in [0.15, 0.2) is 0 Å². The van der Waals surface area contributed by atoms with Gasteiger partial charge >= 0.3 is 0 Å². The van der Waals surface area contributed by atoms with Gasteiger partial charge < -0.3 is 15.1 Å². The Morgan fingerprint density at radius 3 is 2.79 bits per heavy atom. The largest absolute Gasteiger partial charge is 0.388 e. The summed E-state index contributed by atoms with van der Waals surface area (Å²) in [7, 11) is 0. The molecule has 1 aromatic rings. The van der Waals surface area contributed by atoms with Gasteiger partial charge in [-0.15, -0.1) is 11.3 Å². The number of thiazole rings is 1. The first-order valence-corrected chi connectivity index (χ1v) is 7.22. The highest BCUT2D eigenvalue weighted by molar-refractivity contribution is 7.11. The van der Waals surface area contributed by atoms with Gasteiger partial charge in [-0.1, -0.05) is 0 Å². The number of aliphatic hydroxyl groups is 2. The number of piperidine rings is 1. The number of aryl methyl sites for hydroxylation is 2. The lowest BCUT2D eigenvalue weighted by atomic mass is 9.90. The van der Waals surface area contributed by atoms with Crippen LogP contribution in [0.3, 0.4) is 0 Å². The molecule has 0 spiro atoms. The molecule has 0 unspecified atom stereocenters. The first-order chi connectivity index (χ1) is 8.79. The van der Waals surface area contributed by atoms with E-state index in [-0.39, 0.29) is 12.5 Å². The third kappa shape index (κ3) is 3.13. The summed E-state index contributed by atoms with van der Waals surface area (Å²) in [6, 6.07) is 0. The minimum absolute atomic E-state index is 0.0127. The summed E-state index contributed by atoms with van der Waals surface area (Å²) in [4.78, 5) is 19.1. The second-order valence-corrected chi connectivity index (χ2v) is 6.67. The fraction of sp³-hybridized carbons (Fsp3) is 0.692. The Morgan fingerprint density at radius 1 is 1.58 bits per heavy atom. The van der Waals surface area contributed by atoms with E-state index in [4.69, 9.17) is 0 Å². The zero-order valence-electron chi connectivity index (χ0n) is 11.5. The number of carbonyl (C=O) groups is 1. The maximum atomic E-state index is 12.2. The van der Waals surface area contributed by atoms with Crippen molar-refractivity contribution in [2.75, 3.05) is 13.1 Å². The summed E-state index contributed by atoms with van der Waals surface area (Å²) in [6.07, 6.45) is -0.151. The first kappa shape index (κ1) is 14.4. The zero-order valence-corrected chi connectivity index (χ0v) is 12.3. The molecule has 0 saturated carbocycles. The lowest BCUT2D eigenvalue weighted by Gasteiger charge is -2.39. The van der Waals surface area contributed by atoms with Crippen LogP contribution in [-0.2, 0) is 11.2 Å². The van der Waals surface area contributed by atoms with Crippen molar-refractivity contribution in [1.82, 2.24) is 9.88 Å². The number of likely N-dealkylation sites (tertiary alicyclic amines) is 1. The van der Waals surface area contributed by atoms with Crippen molar-refractivity contribution in [2.45, 2.75) is 45.3 Å². The van der Waals surface area contributed by atoms with Crippen LogP contribution in [-0.4, -0.2) is 50.8 Å². The van der Waals surface area contributed by atoms with Gasteiger partial charge in [0.05, 0.1) is 28.8 Å². The molecule has 2 atom stereocenters. The van der Waals surface area contributed by atoms with E-state index >= 15 is 0 Å². The number of hydrogen-bond acceptors (Lipinski definition) is 5. The van der Waals surface area contributed by atoms with E-state index in [1.807, 2.05) is 13.8 Å². The lowest BCUT2D eigenvalue weighted by Crippen LogP contribution is -2.55. The second-order valence-electron chi connectivity index (χ2n) is 5.38. The summed E-state index contributed by atoms with van der Waals surface area (Å²) >= 11 is 1.54. The molecule has 0 radical (unpaired) electrons. The Bertz CT molecular complexity index is 484. The number of amides is 1. The lowest BCUT2D eigenvalue weighted by molar-refractivity contribution is -0.145. The van der Waals surface area contributed by atoms with Crippen LogP contribution in [0.1, 0.15) is 28.9 Å². The number of β-amino-alcohol motifs (C(OH)–C–C–N with tert-alkyl or cyclic N) is 1. The Kier molecular flexibility index (Phi) is 3.94. The molecular formula is C13H20N2O3S. The van der Waals surface area contributed by atoms with Crippen LogP contribution in [0.4, 0.5) is 0 Å². The number of nitrogens with zero attached hydrogens (tertiary/aromatic N) is 2. The van der Waals surface area contributed by atoms with Gasteiger partial charge in [0.1, 0.15) is 0 Å². The number of carbonyl (C=O) groups excluding carboxylic acids is 1. The SMILES string of the molecule is Cc1nc(C)c(CC(=O)N2CC[C@](C)(O)[C@H](O)C2)s1. The number of aliphatic hydroxyl groups excluding tert-OH is 1. The molecule has 2 rings (SSSR count). The third-order valence-corrected chi connectivity index (χ3v) is 4.74. The molecule has 1 fully saturated rings. The first-order valence-electron chi connectivity index (χ1n) is 6.41. The van der Waals surface area contributed by atoms with Gasteiger partial charge in [0.25, 0.3) is 0 Å².